The van der Waals surface area contributed by atoms with Gasteiger partial charge >= 0.3 is 0 Å². The number of hydrogen-bond acceptors (Lipinski definition) is 4. The molecule has 0 aliphatic rings. The third kappa shape index (κ3) is 3.10. The van der Waals surface area contributed by atoms with Crippen LogP contribution in [-0.2, 0) is 11.3 Å². The van der Waals surface area contributed by atoms with Crippen molar-refractivity contribution in [1.82, 2.24) is 15.3 Å². The first-order valence-electron chi connectivity index (χ1n) is 4.32. The van der Waals surface area contributed by atoms with Crippen molar-refractivity contribution in [2.24, 2.45) is 5.73 Å². The molecule has 5 heteroatoms. The monoisotopic (exact) mass is 194 g/mol. The predicted molar refractivity (Wildman–Crippen MR) is 52.1 cm³/mol. The number of nitrogens with zero attached hydrogens (tertiary/aromatic N) is 2. The summed E-state index contributed by atoms with van der Waals surface area (Å²) in [5.41, 5.74) is 5.45. The van der Waals surface area contributed by atoms with Gasteiger partial charge in [0.2, 0.25) is 5.91 Å². The molecule has 76 valence electrons. The zero-order valence-electron chi connectivity index (χ0n) is 8.32. The van der Waals surface area contributed by atoms with E-state index in [4.69, 9.17) is 5.73 Å². The van der Waals surface area contributed by atoms with Crippen LogP contribution in [0.4, 0.5) is 0 Å². The number of nitrogens with one attached hydrogen (secondary N) is 1. The molecule has 1 amide bonds. The minimum atomic E-state index is -0.859. The van der Waals surface area contributed by atoms with Crippen LogP contribution in [0.3, 0.4) is 0 Å². The quantitative estimate of drug-likeness (QED) is 0.700. The second-order valence-electron chi connectivity index (χ2n) is 3.60. The van der Waals surface area contributed by atoms with Gasteiger partial charge in [-0.2, -0.15) is 0 Å². The largest absolute Gasteiger partial charge is 0.349 e. The lowest BCUT2D eigenvalue weighted by atomic mass is 10.1. The fraction of sp³-hybridized carbons (Fsp3) is 0.444. The summed E-state index contributed by atoms with van der Waals surface area (Å²) in [6.45, 7) is 3.66. The molecule has 0 spiro atoms. The predicted octanol–water partition coefficient (Wildman–Crippen LogP) is -0.170. The first-order valence-corrected chi connectivity index (χ1v) is 4.32. The van der Waals surface area contributed by atoms with Crippen LogP contribution in [0.5, 0.6) is 0 Å². The molecule has 1 aromatic rings. The van der Waals surface area contributed by atoms with Gasteiger partial charge in [0.1, 0.15) is 0 Å². The summed E-state index contributed by atoms with van der Waals surface area (Å²) < 4.78 is 0. The van der Waals surface area contributed by atoms with Gasteiger partial charge in [-0.25, -0.2) is 0 Å². The SMILES string of the molecule is CC(C)(N)C(=O)NCc1cnccn1. The fourth-order valence-corrected chi connectivity index (χ4v) is 0.820. The lowest BCUT2D eigenvalue weighted by Gasteiger charge is -2.17. The van der Waals surface area contributed by atoms with Crippen LogP contribution in [0, 0.1) is 0 Å². The molecule has 0 fully saturated rings. The Morgan fingerprint density at radius 3 is 2.79 bits per heavy atom. The van der Waals surface area contributed by atoms with E-state index in [1.807, 2.05) is 0 Å². The third-order valence-corrected chi connectivity index (χ3v) is 1.63. The molecule has 3 N–H and O–H groups in total. The maximum absolute atomic E-state index is 11.4. The van der Waals surface area contributed by atoms with Crippen molar-refractivity contribution in [1.29, 1.82) is 0 Å². The molecule has 0 bridgehead atoms. The van der Waals surface area contributed by atoms with Crippen molar-refractivity contribution < 1.29 is 4.79 Å². The van der Waals surface area contributed by atoms with E-state index in [-0.39, 0.29) is 5.91 Å². The second kappa shape index (κ2) is 4.15. The van der Waals surface area contributed by atoms with Gasteiger partial charge in [-0.15, -0.1) is 0 Å². The molecule has 1 heterocycles. The van der Waals surface area contributed by atoms with Gasteiger partial charge in [-0.1, -0.05) is 0 Å². The molecule has 1 rings (SSSR count). The van der Waals surface area contributed by atoms with Crippen LogP contribution < -0.4 is 11.1 Å². The Hall–Kier alpha value is -1.49. The molecule has 0 aromatic carbocycles. The Morgan fingerprint density at radius 2 is 2.29 bits per heavy atom. The lowest BCUT2D eigenvalue weighted by molar-refractivity contribution is -0.125. The van der Waals surface area contributed by atoms with Gasteiger partial charge in [0.25, 0.3) is 0 Å². The van der Waals surface area contributed by atoms with Crippen molar-refractivity contribution in [2.45, 2.75) is 25.9 Å². The zero-order valence-corrected chi connectivity index (χ0v) is 8.32. The van der Waals surface area contributed by atoms with Crippen molar-refractivity contribution in [3.05, 3.63) is 24.3 Å². The Labute approximate surface area is 82.7 Å². The number of amides is 1. The van der Waals surface area contributed by atoms with Gasteiger partial charge in [0.15, 0.2) is 0 Å². The molecule has 0 radical (unpaired) electrons. The first-order chi connectivity index (χ1) is 6.50. The number of rotatable bonds is 3. The highest BCUT2D eigenvalue weighted by Crippen LogP contribution is 1.97. The van der Waals surface area contributed by atoms with Gasteiger partial charge in [-0.05, 0) is 13.8 Å². The summed E-state index contributed by atoms with van der Waals surface area (Å²) in [6, 6.07) is 0. The molecule has 0 atom stereocenters. The summed E-state index contributed by atoms with van der Waals surface area (Å²) in [5.74, 6) is -0.205. The van der Waals surface area contributed by atoms with E-state index in [0.717, 1.165) is 0 Å². The minimum Gasteiger partial charge on any atom is -0.349 e. The van der Waals surface area contributed by atoms with E-state index in [2.05, 4.69) is 15.3 Å². The average Bonchev–Trinajstić information content (AvgIpc) is 2.14. The van der Waals surface area contributed by atoms with Crippen molar-refractivity contribution in [2.75, 3.05) is 0 Å². The van der Waals surface area contributed by atoms with Crippen LogP contribution in [-0.4, -0.2) is 21.4 Å². The number of nitrogens with two attached hydrogens (primary N) is 1. The molecule has 1 aromatic heterocycles. The number of carbonyl (C=O) groups excluding carboxylic acids is 1. The Morgan fingerprint density at radius 1 is 1.57 bits per heavy atom. The summed E-state index contributed by atoms with van der Waals surface area (Å²) in [7, 11) is 0. The van der Waals surface area contributed by atoms with Crippen LogP contribution in [0.25, 0.3) is 0 Å². The highest BCUT2D eigenvalue weighted by molar-refractivity contribution is 5.84. The maximum atomic E-state index is 11.4. The van der Waals surface area contributed by atoms with Crippen molar-refractivity contribution in [3.8, 4) is 0 Å². The summed E-state index contributed by atoms with van der Waals surface area (Å²) >= 11 is 0. The number of hydrogen-bond donors (Lipinski definition) is 2. The first kappa shape index (κ1) is 10.6. The van der Waals surface area contributed by atoms with Crippen molar-refractivity contribution >= 4 is 5.91 Å². The summed E-state index contributed by atoms with van der Waals surface area (Å²) in [5, 5.41) is 2.67. The van der Waals surface area contributed by atoms with Crippen LogP contribution >= 0.6 is 0 Å². The zero-order chi connectivity index (χ0) is 10.6. The van der Waals surface area contributed by atoms with E-state index in [1.165, 1.54) is 0 Å². The summed E-state index contributed by atoms with van der Waals surface area (Å²) in [6.07, 6.45) is 4.76. The van der Waals surface area contributed by atoms with Gasteiger partial charge in [-0.3, -0.25) is 14.8 Å². The standard InChI is InChI=1S/C9H14N4O/c1-9(2,10)8(14)13-6-7-5-11-3-4-12-7/h3-5H,6,10H2,1-2H3,(H,13,14). The topological polar surface area (TPSA) is 80.9 Å². The van der Waals surface area contributed by atoms with Crippen molar-refractivity contribution in [3.63, 3.8) is 0 Å². The second-order valence-corrected chi connectivity index (χ2v) is 3.60. The highest BCUT2D eigenvalue weighted by atomic mass is 16.2. The molecule has 0 saturated carbocycles. The fourth-order valence-electron chi connectivity index (χ4n) is 0.820. The third-order valence-electron chi connectivity index (χ3n) is 1.63. The molecular formula is C9H14N4O. The molecule has 0 unspecified atom stereocenters. The molecule has 0 aliphatic carbocycles. The Kier molecular flexibility index (Phi) is 3.14. The normalized spacial score (nSPS) is 11.1. The lowest BCUT2D eigenvalue weighted by Crippen LogP contribution is -2.48. The van der Waals surface area contributed by atoms with Gasteiger partial charge in [0.05, 0.1) is 24.0 Å². The highest BCUT2D eigenvalue weighted by Gasteiger charge is 2.21. The molecular weight excluding hydrogens is 180 g/mol. The van der Waals surface area contributed by atoms with E-state index in [0.29, 0.717) is 12.2 Å². The molecule has 0 aliphatic heterocycles. The average molecular weight is 194 g/mol. The van der Waals surface area contributed by atoms with Crippen LogP contribution in [0.1, 0.15) is 19.5 Å². The smallest absolute Gasteiger partial charge is 0.239 e. The van der Waals surface area contributed by atoms with E-state index in [9.17, 15) is 4.79 Å². The van der Waals surface area contributed by atoms with Crippen LogP contribution in [0.2, 0.25) is 0 Å². The molecule has 5 nitrogen and oxygen atoms in total. The van der Waals surface area contributed by atoms with E-state index < -0.39 is 5.54 Å². The number of aromatic nitrogens is 2. The molecule has 14 heavy (non-hydrogen) atoms. The number of carbonyl (C=O) groups is 1. The Bertz CT molecular complexity index is 304. The van der Waals surface area contributed by atoms with Crippen LogP contribution in [0.15, 0.2) is 18.6 Å². The maximum Gasteiger partial charge on any atom is 0.239 e. The van der Waals surface area contributed by atoms with E-state index >= 15 is 0 Å². The molecule has 0 saturated heterocycles. The van der Waals surface area contributed by atoms with E-state index in [1.54, 1.807) is 32.4 Å². The minimum absolute atomic E-state index is 0.205. The van der Waals surface area contributed by atoms with Gasteiger partial charge in [0, 0.05) is 12.4 Å². The van der Waals surface area contributed by atoms with Gasteiger partial charge < -0.3 is 11.1 Å². The Balaban J connectivity index is 2.46. The summed E-state index contributed by atoms with van der Waals surface area (Å²) in [4.78, 5) is 19.2.